The van der Waals surface area contributed by atoms with E-state index in [9.17, 15) is 9.59 Å². The van der Waals surface area contributed by atoms with Crippen molar-refractivity contribution >= 4 is 11.9 Å². The standard InChI is InChI=1S/C14H17NO3/c1-3-18-14(17)13-11(8-12(16)15-13)10-7-5-4-6-9(10)2/h4-7,11,13H,3,8H2,1-2H3,(H,15,16). The fourth-order valence-corrected chi connectivity index (χ4v) is 2.40. The monoisotopic (exact) mass is 247 g/mol. The molecule has 96 valence electrons. The lowest BCUT2D eigenvalue weighted by Crippen LogP contribution is -2.37. The number of benzene rings is 1. The van der Waals surface area contributed by atoms with E-state index < -0.39 is 6.04 Å². The normalized spacial score (nSPS) is 22.7. The predicted molar refractivity (Wildman–Crippen MR) is 67.1 cm³/mol. The summed E-state index contributed by atoms with van der Waals surface area (Å²) in [5.41, 5.74) is 2.13. The summed E-state index contributed by atoms with van der Waals surface area (Å²) in [6.45, 7) is 4.07. The summed E-state index contributed by atoms with van der Waals surface area (Å²) in [6, 6.07) is 7.27. The molecule has 2 rings (SSSR count). The number of carbonyl (C=O) groups is 2. The zero-order valence-electron chi connectivity index (χ0n) is 10.6. The zero-order valence-corrected chi connectivity index (χ0v) is 10.6. The molecule has 1 fully saturated rings. The van der Waals surface area contributed by atoms with Gasteiger partial charge in [-0.1, -0.05) is 24.3 Å². The molecule has 1 aromatic carbocycles. The second-order valence-electron chi connectivity index (χ2n) is 4.46. The number of hydrogen-bond acceptors (Lipinski definition) is 3. The van der Waals surface area contributed by atoms with Crippen LogP contribution in [-0.4, -0.2) is 24.5 Å². The van der Waals surface area contributed by atoms with Gasteiger partial charge in [-0.2, -0.15) is 0 Å². The van der Waals surface area contributed by atoms with Crippen molar-refractivity contribution < 1.29 is 14.3 Å². The smallest absolute Gasteiger partial charge is 0.329 e. The van der Waals surface area contributed by atoms with Gasteiger partial charge in [-0.05, 0) is 25.0 Å². The second-order valence-corrected chi connectivity index (χ2v) is 4.46. The van der Waals surface area contributed by atoms with E-state index in [1.54, 1.807) is 6.92 Å². The third-order valence-corrected chi connectivity index (χ3v) is 3.25. The molecule has 1 N–H and O–H groups in total. The summed E-state index contributed by atoms with van der Waals surface area (Å²) in [7, 11) is 0. The average Bonchev–Trinajstić information content (AvgIpc) is 2.72. The molecule has 18 heavy (non-hydrogen) atoms. The highest BCUT2D eigenvalue weighted by molar-refractivity contribution is 5.90. The molecule has 1 amide bonds. The number of amides is 1. The van der Waals surface area contributed by atoms with E-state index in [0.29, 0.717) is 13.0 Å². The summed E-state index contributed by atoms with van der Waals surface area (Å²) in [5, 5.41) is 2.70. The Morgan fingerprint density at radius 3 is 2.83 bits per heavy atom. The van der Waals surface area contributed by atoms with E-state index in [0.717, 1.165) is 11.1 Å². The molecule has 1 aliphatic heterocycles. The largest absolute Gasteiger partial charge is 0.464 e. The van der Waals surface area contributed by atoms with E-state index in [1.165, 1.54) is 0 Å². The average molecular weight is 247 g/mol. The molecule has 0 aliphatic carbocycles. The first-order valence-electron chi connectivity index (χ1n) is 6.15. The van der Waals surface area contributed by atoms with Gasteiger partial charge in [-0.15, -0.1) is 0 Å². The number of hydrogen-bond donors (Lipinski definition) is 1. The van der Waals surface area contributed by atoms with E-state index in [2.05, 4.69) is 5.32 Å². The number of ether oxygens (including phenoxy) is 1. The van der Waals surface area contributed by atoms with Gasteiger partial charge in [0, 0.05) is 12.3 Å². The minimum atomic E-state index is -0.557. The van der Waals surface area contributed by atoms with Gasteiger partial charge in [-0.3, -0.25) is 4.79 Å². The Hall–Kier alpha value is -1.84. The number of esters is 1. The topological polar surface area (TPSA) is 55.4 Å². The molecule has 4 heteroatoms. The molecule has 0 radical (unpaired) electrons. The molecule has 1 heterocycles. The third-order valence-electron chi connectivity index (χ3n) is 3.25. The van der Waals surface area contributed by atoms with Gasteiger partial charge in [0.2, 0.25) is 5.91 Å². The maximum absolute atomic E-state index is 11.8. The Morgan fingerprint density at radius 2 is 2.17 bits per heavy atom. The highest BCUT2D eigenvalue weighted by Crippen LogP contribution is 2.31. The van der Waals surface area contributed by atoms with Gasteiger partial charge < -0.3 is 10.1 Å². The lowest BCUT2D eigenvalue weighted by Gasteiger charge is -2.19. The van der Waals surface area contributed by atoms with E-state index in [-0.39, 0.29) is 17.8 Å². The van der Waals surface area contributed by atoms with Crippen LogP contribution in [0.3, 0.4) is 0 Å². The lowest BCUT2D eigenvalue weighted by atomic mass is 9.89. The Balaban J connectivity index is 2.28. The van der Waals surface area contributed by atoms with Gasteiger partial charge in [-0.25, -0.2) is 4.79 Å². The summed E-state index contributed by atoms with van der Waals surface area (Å²) in [5.74, 6) is -0.573. The van der Waals surface area contributed by atoms with E-state index >= 15 is 0 Å². The van der Waals surface area contributed by atoms with Crippen molar-refractivity contribution in [3.63, 3.8) is 0 Å². The molecule has 1 saturated heterocycles. The van der Waals surface area contributed by atoms with Crippen molar-refractivity contribution in [1.82, 2.24) is 5.32 Å². The Labute approximate surface area is 106 Å². The molecule has 1 aromatic rings. The molecular formula is C14H17NO3. The summed E-state index contributed by atoms with van der Waals surface area (Å²) >= 11 is 0. The van der Waals surface area contributed by atoms with Crippen LogP contribution in [0.4, 0.5) is 0 Å². The van der Waals surface area contributed by atoms with Gasteiger partial charge in [0.05, 0.1) is 6.61 Å². The van der Waals surface area contributed by atoms with Crippen LogP contribution in [-0.2, 0) is 14.3 Å². The highest BCUT2D eigenvalue weighted by Gasteiger charge is 2.39. The molecule has 2 atom stereocenters. The Bertz CT molecular complexity index is 470. The minimum Gasteiger partial charge on any atom is -0.464 e. The molecule has 0 bridgehead atoms. The van der Waals surface area contributed by atoms with Crippen molar-refractivity contribution in [3.05, 3.63) is 35.4 Å². The number of nitrogens with one attached hydrogen (secondary N) is 1. The van der Waals surface area contributed by atoms with Crippen molar-refractivity contribution in [2.75, 3.05) is 6.61 Å². The summed E-state index contributed by atoms with van der Waals surface area (Å²) < 4.78 is 5.01. The number of rotatable bonds is 3. The quantitative estimate of drug-likeness (QED) is 0.824. The lowest BCUT2D eigenvalue weighted by molar-refractivity contribution is -0.146. The van der Waals surface area contributed by atoms with Gasteiger partial charge in [0.15, 0.2) is 0 Å². The fourth-order valence-electron chi connectivity index (χ4n) is 2.40. The van der Waals surface area contributed by atoms with Crippen molar-refractivity contribution in [1.29, 1.82) is 0 Å². The first kappa shape index (κ1) is 12.6. The third kappa shape index (κ3) is 2.37. The van der Waals surface area contributed by atoms with E-state index in [1.807, 2.05) is 31.2 Å². The fraction of sp³-hybridized carbons (Fsp3) is 0.429. The molecule has 0 aromatic heterocycles. The van der Waals surface area contributed by atoms with Crippen LogP contribution >= 0.6 is 0 Å². The first-order chi connectivity index (χ1) is 8.63. The first-order valence-corrected chi connectivity index (χ1v) is 6.15. The van der Waals surface area contributed by atoms with Gasteiger partial charge >= 0.3 is 5.97 Å². The van der Waals surface area contributed by atoms with Crippen LogP contribution in [0, 0.1) is 6.92 Å². The minimum absolute atomic E-state index is 0.0960. The van der Waals surface area contributed by atoms with Crippen LogP contribution in [0.5, 0.6) is 0 Å². The van der Waals surface area contributed by atoms with Crippen LogP contribution in [0.25, 0.3) is 0 Å². The molecule has 2 unspecified atom stereocenters. The number of carbonyl (C=O) groups excluding carboxylic acids is 2. The molecular weight excluding hydrogens is 230 g/mol. The summed E-state index contributed by atoms with van der Waals surface area (Å²) in [6.07, 6.45) is 0.342. The molecule has 0 spiro atoms. The SMILES string of the molecule is CCOC(=O)C1NC(=O)CC1c1ccccc1C. The molecule has 1 aliphatic rings. The van der Waals surface area contributed by atoms with E-state index in [4.69, 9.17) is 4.74 Å². The molecule has 0 saturated carbocycles. The summed E-state index contributed by atoms with van der Waals surface area (Å²) in [4.78, 5) is 23.4. The maximum Gasteiger partial charge on any atom is 0.329 e. The predicted octanol–water partition coefficient (Wildman–Crippen LogP) is 1.53. The van der Waals surface area contributed by atoms with Crippen LogP contribution in [0.1, 0.15) is 30.4 Å². The van der Waals surface area contributed by atoms with Gasteiger partial charge in [0.1, 0.15) is 6.04 Å². The van der Waals surface area contributed by atoms with Gasteiger partial charge in [0.25, 0.3) is 0 Å². The second kappa shape index (κ2) is 5.21. The number of aryl methyl sites for hydroxylation is 1. The van der Waals surface area contributed by atoms with Crippen molar-refractivity contribution in [3.8, 4) is 0 Å². The Morgan fingerprint density at radius 1 is 1.44 bits per heavy atom. The van der Waals surface area contributed by atoms with Crippen LogP contribution in [0.15, 0.2) is 24.3 Å². The van der Waals surface area contributed by atoms with Crippen LogP contribution < -0.4 is 5.32 Å². The highest BCUT2D eigenvalue weighted by atomic mass is 16.5. The van der Waals surface area contributed by atoms with Crippen molar-refractivity contribution in [2.45, 2.75) is 32.2 Å². The maximum atomic E-state index is 11.8. The Kier molecular flexibility index (Phi) is 3.65. The van der Waals surface area contributed by atoms with Crippen LogP contribution in [0.2, 0.25) is 0 Å². The zero-order chi connectivity index (χ0) is 13.1. The van der Waals surface area contributed by atoms with Crippen molar-refractivity contribution in [2.24, 2.45) is 0 Å². The molecule has 4 nitrogen and oxygen atoms in total.